The van der Waals surface area contributed by atoms with E-state index in [4.69, 9.17) is 4.74 Å². The Morgan fingerprint density at radius 1 is 0.512 bits per heavy atom. The maximum absolute atomic E-state index is 5.96. The summed E-state index contributed by atoms with van der Waals surface area (Å²) >= 11 is 0. The van der Waals surface area contributed by atoms with Crippen molar-refractivity contribution in [1.82, 2.24) is 0 Å². The van der Waals surface area contributed by atoms with Gasteiger partial charge in [-0.25, -0.2) is 0 Å². The highest BCUT2D eigenvalue weighted by molar-refractivity contribution is 7.67. The molecule has 0 amide bonds. The van der Waals surface area contributed by atoms with Gasteiger partial charge in [-0.2, -0.15) is 0 Å². The molecule has 0 aliphatic heterocycles. The van der Waals surface area contributed by atoms with Gasteiger partial charge in [0.05, 0.1) is 7.11 Å². The molecule has 208 valence electrons. The number of methoxy groups -OCH3 is 1. The highest BCUT2D eigenvalue weighted by Gasteiger charge is 2.35. The van der Waals surface area contributed by atoms with Crippen molar-refractivity contribution < 1.29 is 4.74 Å². The zero-order valence-corrected chi connectivity index (χ0v) is 25.2. The molecule has 1 nitrogen and oxygen atoms in total. The largest absolute Gasteiger partial charge is 0.496 e. The lowest BCUT2D eigenvalue weighted by molar-refractivity contribution is 0.416. The van der Waals surface area contributed by atoms with E-state index in [1.54, 1.807) is 12.4 Å². The van der Waals surface area contributed by atoms with Crippen molar-refractivity contribution in [3.63, 3.8) is 0 Å². The molecule has 7 rings (SSSR count). The van der Waals surface area contributed by atoms with Crippen molar-refractivity contribution in [3.05, 3.63) is 97.1 Å². The molecule has 2 saturated carbocycles. The Bertz CT molecular complexity index is 1640. The molecule has 0 unspecified atom stereocenters. The Kier molecular flexibility index (Phi) is 7.82. The smallest absolute Gasteiger partial charge is 0.126 e. The third-order valence-corrected chi connectivity index (χ3v) is 13.2. The summed E-state index contributed by atoms with van der Waals surface area (Å²) in [7, 11) is 1.51. The molecular formula is C39H41OP. The van der Waals surface area contributed by atoms with Crippen LogP contribution in [-0.4, -0.2) is 18.4 Å². The summed E-state index contributed by atoms with van der Waals surface area (Å²) in [5.41, 5.74) is 7.01. The van der Waals surface area contributed by atoms with Crippen LogP contribution in [0.25, 0.3) is 43.8 Å². The third-order valence-electron chi connectivity index (χ3n) is 9.70. The lowest BCUT2D eigenvalue weighted by Crippen LogP contribution is -2.27. The van der Waals surface area contributed by atoms with E-state index in [1.165, 1.54) is 108 Å². The summed E-state index contributed by atoms with van der Waals surface area (Å²) in [6.07, 6.45) is 14.1. The van der Waals surface area contributed by atoms with Crippen molar-refractivity contribution in [2.45, 2.75) is 75.5 Å². The minimum atomic E-state index is -0.289. The van der Waals surface area contributed by atoms with Gasteiger partial charge in [0, 0.05) is 5.56 Å². The molecule has 41 heavy (non-hydrogen) atoms. The number of para-hydroxylation sites is 1. The molecular weight excluding hydrogens is 515 g/mol. The first-order chi connectivity index (χ1) is 20.3. The minimum absolute atomic E-state index is 0.289. The van der Waals surface area contributed by atoms with Crippen LogP contribution in [0.1, 0.15) is 64.2 Å². The highest BCUT2D eigenvalue weighted by Crippen LogP contribution is 2.57. The summed E-state index contributed by atoms with van der Waals surface area (Å²) in [6, 6.07) is 36.4. The van der Waals surface area contributed by atoms with Gasteiger partial charge < -0.3 is 4.74 Å². The van der Waals surface area contributed by atoms with Gasteiger partial charge in [0.25, 0.3) is 0 Å². The van der Waals surface area contributed by atoms with Crippen LogP contribution < -0.4 is 10.0 Å². The Hall–Kier alpha value is -3.15. The summed E-state index contributed by atoms with van der Waals surface area (Å²) in [6.45, 7) is 0. The van der Waals surface area contributed by atoms with Crippen LogP contribution >= 0.6 is 7.92 Å². The molecule has 2 heteroatoms. The summed E-state index contributed by atoms with van der Waals surface area (Å²) < 4.78 is 5.96. The molecule has 5 aromatic carbocycles. The van der Waals surface area contributed by atoms with Gasteiger partial charge in [0.1, 0.15) is 5.75 Å². The zero-order valence-electron chi connectivity index (χ0n) is 24.3. The van der Waals surface area contributed by atoms with E-state index < -0.39 is 0 Å². The fourth-order valence-electron chi connectivity index (χ4n) is 7.78. The first kappa shape index (κ1) is 26.7. The summed E-state index contributed by atoms with van der Waals surface area (Å²) in [5.74, 6) is 0.938. The van der Waals surface area contributed by atoms with Gasteiger partial charge >= 0.3 is 0 Å². The highest BCUT2D eigenvalue weighted by atomic mass is 31.1. The number of benzene rings is 5. The van der Waals surface area contributed by atoms with E-state index in [9.17, 15) is 0 Å². The molecule has 0 radical (unpaired) electrons. The van der Waals surface area contributed by atoms with Crippen LogP contribution in [0.15, 0.2) is 97.1 Å². The van der Waals surface area contributed by atoms with Gasteiger partial charge in [0.2, 0.25) is 0 Å². The van der Waals surface area contributed by atoms with Gasteiger partial charge in [-0.3, -0.25) is 0 Å². The van der Waals surface area contributed by atoms with Crippen LogP contribution in [0.4, 0.5) is 0 Å². The third kappa shape index (κ3) is 5.08. The van der Waals surface area contributed by atoms with E-state index in [1.807, 2.05) is 0 Å². The first-order valence-electron chi connectivity index (χ1n) is 15.8. The molecule has 0 saturated heterocycles. The average Bonchev–Trinajstić information content (AvgIpc) is 3.05. The quantitative estimate of drug-likeness (QED) is 0.189. The summed E-state index contributed by atoms with van der Waals surface area (Å²) in [4.78, 5) is 0. The maximum atomic E-state index is 5.96. The van der Waals surface area contributed by atoms with Crippen LogP contribution in [0.2, 0.25) is 0 Å². The van der Waals surface area contributed by atoms with Gasteiger partial charge in [-0.1, -0.05) is 137 Å². The Morgan fingerprint density at radius 3 is 1.68 bits per heavy atom. The molecule has 5 aromatic rings. The Labute approximate surface area is 246 Å². The number of hydrogen-bond acceptors (Lipinski definition) is 1. The van der Waals surface area contributed by atoms with Gasteiger partial charge in [0.15, 0.2) is 0 Å². The van der Waals surface area contributed by atoms with Crippen LogP contribution in [0.5, 0.6) is 5.75 Å². The normalized spacial score (nSPS) is 16.9. The second-order valence-corrected chi connectivity index (χ2v) is 14.8. The Morgan fingerprint density at radius 2 is 1.05 bits per heavy atom. The lowest BCUT2D eigenvalue weighted by atomic mass is 9.87. The number of rotatable bonds is 6. The van der Waals surface area contributed by atoms with Crippen molar-refractivity contribution in [2.24, 2.45) is 0 Å². The van der Waals surface area contributed by atoms with Crippen molar-refractivity contribution >= 4 is 34.8 Å². The maximum Gasteiger partial charge on any atom is 0.126 e. The molecule has 2 fully saturated rings. The van der Waals surface area contributed by atoms with E-state index in [0.29, 0.717) is 0 Å². The fraction of sp³-hybridized carbons (Fsp3) is 0.333. The predicted molar refractivity (Wildman–Crippen MR) is 179 cm³/mol. The summed E-state index contributed by atoms with van der Waals surface area (Å²) in [5, 5.41) is 7.05. The van der Waals surface area contributed by atoms with Crippen molar-refractivity contribution in [1.29, 1.82) is 0 Å². The molecule has 0 aromatic heterocycles. The average molecular weight is 557 g/mol. The topological polar surface area (TPSA) is 9.23 Å². The molecule has 0 atom stereocenters. The molecule has 0 heterocycles. The monoisotopic (exact) mass is 556 g/mol. The van der Waals surface area contributed by atoms with Gasteiger partial charge in [-0.05, 0) is 86.6 Å². The van der Waals surface area contributed by atoms with E-state index in [-0.39, 0.29) is 7.92 Å². The van der Waals surface area contributed by atoms with Crippen LogP contribution in [0.3, 0.4) is 0 Å². The standard InChI is InChI=1S/C39H41OP/c1-40-36-23-13-12-22-34(36)35-26-24-28-14-8-10-20-32(28)38(35)39-33-21-11-9-15-29(33)25-27-37(39)41(30-16-4-2-5-17-30)31-18-6-3-7-19-31/h8-15,20-27,30-31H,2-7,16-19H2,1H3. The predicted octanol–water partition coefficient (Wildman–Crippen LogP) is 11.1. The van der Waals surface area contributed by atoms with Crippen LogP contribution in [0, 0.1) is 0 Å². The van der Waals surface area contributed by atoms with Crippen LogP contribution in [-0.2, 0) is 0 Å². The molecule has 0 N–H and O–H groups in total. The van der Waals surface area contributed by atoms with E-state index in [2.05, 4.69) is 97.1 Å². The lowest BCUT2D eigenvalue weighted by Gasteiger charge is -2.40. The van der Waals surface area contributed by atoms with E-state index >= 15 is 0 Å². The number of hydrogen-bond donors (Lipinski definition) is 0. The second-order valence-electron chi connectivity index (χ2n) is 12.1. The number of ether oxygens (including phenoxy) is 1. The molecule has 2 aliphatic rings. The molecule has 2 aliphatic carbocycles. The molecule has 0 bridgehead atoms. The second kappa shape index (κ2) is 12.0. The zero-order chi connectivity index (χ0) is 27.6. The van der Waals surface area contributed by atoms with Crippen molar-refractivity contribution in [3.8, 4) is 28.0 Å². The Balaban J connectivity index is 1.57. The SMILES string of the molecule is COc1ccccc1-c1ccc2ccccc2c1-c1c(P(C2CCCCC2)C2CCCCC2)ccc2ccccc12. The first-order valence-corrected chi connectivity index (χ1v) is 17.3. The van der Waals surface area contributed by atoms with Gasteiger partial charge in [-0.15, -0.1) is 0 Å². The van der Waals surface area contributed by atoms with Crippen molar-refractivity contribution in [2.75, 3.05) is 7.11 Å². The fourth-order valence-corrected chi connectivity index (χ4v) is 11.7. The minimum Gasteiger partial charge on any atom is -0.496 e. The number of fused-ring (bicyclic) bond motifs is 2. The van der Waals surface area contributed by atoms with E-state index in [0.717, 1.165) is 17.1 Å². The molecule has 0 spiro atoms.